The Morgan fingerprint density at radius 1 is 0.500 bits per heavy atom. The highest BCUT2D eigenvalue weighted by atomic mass is 35.5. The Morgan fingerprint density at radius 2 is 1.00 bits per heavy atom. The van der Waals surface area contributed by atoms with Gasteiger partial charge in [-0.3, -0.25) is 4.90 Å². The van der Waals surface area contributed by atoms with Crippen LogP contribution in [0.2, 0.25) is 15.1 Å². The molecule has 0 saturated carbocycles. The van der Waals surface area contributed by atoms with Crippen molar-refractivity contribution in [2.45, 2.75) is 6.17 Å². The molecule has 38 heavy (non-hydrogen) atoms. The van der Waals surface area contributed by atoms with Crippen molar-refractivity contribution in [1.29, 1.82) is 0 Å². The smallest absolute Gasteiger partial charge is 0.251 e. The maximum absolute atomic E-state index is 6.94. The number of rotatable bonds is 5. The summed E-state index contributed by atoms with van der Waals surface area (Å²) >= 11 is 20.8. The van der Waals surface area contributed by atoms with Crippen molar-refractivity contribution in [3.05, 3.63) is 165 Å². The molecule has 0 saturated heterocycles. The van der Waals surface area contributed by atoms with Crippen molar-refractivity contribution in [3.63, 3.8) is 0 Å². The van der Waals surface area contributed by atoms with Crippen LogP contribution >= 0.6 is 34.8 Å². The summed E-state index contributed by atoms with van der Waals surface area (Å²) in [4.78, 5) is 4.63. The molecule has 5 aromatic rings. The predicted molar refractivity (Wildman–Crippen MR) is 161 cm³/mol. The highest BCUT2D eigenvalue weighted by Crippen LogP contribution is 2.53. The van der Waals surface area contributed by atoms with Crippen LogP contribution < -0.4 is 9.80 Å². The minimum Gasteiger partial charge on any atom is -0.277 e. The maximum Gasteiger partial charge on any atom is 0.251 e. The number of anilines is 2. The number of hydrogen-bond donors (Lipinski definition) is 0. The molecule has 0 fully saturated rings. The minimum atomic E-state index is -0.314. The van der Waals surface area contributed by atoms with Crippen LogP contribution in [0.25, 0.3) is 11.4 Å². The van der Waals surface area contributed by atoms with Gasteiger partial charge in [0.25, 0.3) is 6.17 Å². The van der Waals surface area contributed by atoms with Crippen molar-refractivity contribution in [2.75, 3.05) is 4.90 Å². The Morgan fingerprint density at radius 3 is 1.61 bits per heavy atom. The zero-order valence-corrected chi connectivity index (χ0v) is 22.6. The Hall–Kier alpha value is -3.53. The molecule has 0 N–H and O–H groups in total. The van der Waals surface area contributed by atoms with E-state index in [1.54, 1.807) is 0 Å². The Balaban J connectivity index is 1.77. The summed E-state index contributed by atoms with van der Waals surface area (Å²) in [6.07, 6.45) is -0.314. The summed E-state index contributed by atoms with van der Waals surface area (Å²) in [5.74, 6) is 0. The summed E-state index contributed by atoms with van der Waals surface area (Å²) in [6, 6.07) is 44.5. The molecule has 0 atom stereocenters. The summed E-state index contributed by atoms with van der Waals surface area (Å²) in [5.41, 5.74) is 6.69. The zero-order chi connectivity index (χ0) is 26.1. The normalized spacial score (nSPS) is 15.8. The molecule has 0 spiro atoms. The summed E-state index contributed by atoms with van der Waals surface area (Å²) in [5, 5.41) is 1.99. The van der Waals surface area contributed by atoms with E-state index in [9.17, 15) is 0 Å². The molecule has 5 aromatic carbocycles. The van der Waals surface area contributed by atoms with E-state index < -0.39 is 0 Å². The fraction of sp³-hybridized carbons (Fsp3) is 0.0303. The highest BCUT2D eigenvalue weighted by Gasteiger charge is 2.53. The van der Waals surface area contributed by atoms with Crippen molar-refractivity contribution in [1.82, 2.24) is 4.90 Å². The molecular formula is C33H23Cl3N2+. The predicted octanol–water partition coefficient (Wildman–Crippen LogP) is 10.2. The van der Waals surface area contributed by atoms with Crippen LogP contribution in [0, 0.1) is 0 Å². The van der Waals surface area contributed by atoms with Gasteiger partial charge in [0.1, 0.15) is 5.70 Å². The van der Waals surface area contributed by atoms with Gasteiger partial charge in [-0.15, -0.1) is 0 Å². The van der Waals surface area contributed by atoms with E-state index in [2.05, 4.69) is 52.3 Å². The Labute approximate surface area is 237 Å². The fourth-order valence-corrected chi connectivity index (χ4v) is 5.77. The summed E-state index contributed by atoms with van der Waals surface area (Å²) < 4.78 is 0. The number of halogens is 3. The molecule has 1 heterocycles. The Kier molecular flexibility index (Phi) is 6.97. The van der Waals surface area contributed by atoms with Gasteiger partial charge in [-0.05, 0) is 42.5 Å². The third-order valence-corrected chi connectivity index (χ3v) is 7.71. The number of benzene rings is 5. The third-order valence-electron chi connectivity index (χ3n) is 6.71. The molecule has 0 aliphatic carbocycles. The molecule has 0 bridgehead atoms. The van der Waals surface area contributed by atoms with Gasteiger partial charge in [0.05, 0.1) is 26.2 Å². The van der Waals surface area contributed by atoms with Crippen molar-refractivity contribution in [2.24, 2.45) is 0 Å². The van der Waals surface area contributed by atoms with E-state index in [0.29, 0.717) is 15.1 Å². The van der Waals surface area contributed by atoms with Gasteiger partial charge in [-0.2, -0.15) is 0 Å². The second kappa shape index (κ2) is 10.7. The molecule has 6 rings (SSSR count). The standard InChI is InChI=1S/C33H23Cl3N2/c34-28-20-10-7-17-25(28)31-32(26-18-8-11-21-29(26)35)38(24-15-5-2-6-16-24)33(27-19-9-12-22-30(27)36)37(31)23-13-3-1-4-14-23/h1-22,33H/q+1. The van der Waals surface area contributed by atoms with Crippen LogP contribution in [0.4, 0.5) is 11.4 Å². The van der Waals surface area contributed by atoms with Gasteiger partial charge in [0, 0.05) is 23.4 Å². The van der Waals surface area contributed by atoms with E-state index in [0.717, 1.165) is 39.5 Å². The minimum absolute atomic E-state index is 0.314. The fourth-order valence-electron chi connectivity index (χ4n) is 5.09. The second-order valence-electron chi connectivity index (χ2n) is 8.96. The van der Waals surface area contributed by atoms with Gasteiger partial charge in [-0.1, -0.05) is 119 Å². The third kappa shape index (κ3) is 4.40. The summed E-state index contributed by atoms with van der Waals surface area (Å²) in [7, 11) is 0. The molecule has 185 valence electrons. The molecule has 1 radical (unpaired) electrons. The maximum atomic E-state index is 6.94. The van der Waals surface area contributed by atoms with E-state index in [4.69, 9.17) is 34.8 Å². The van der Waals surface area contributed by atoms with Gasteiger partial charge in [0.2, 0.25) is 5.70 Å². The lowest BCUT2D eigenvalue weighted by Gasteiger charge is -2.28. The monoisotopic (exact) mass is 552 g/mol. The van der Waals surface area contributed by atoms with Gasteiger partial charge < -0.3 is 0 Å². The molecule has 0 unspecified atom stereocenters. The highest BCUT2D eigenvalue weighted by molar-refractivity contribution is 6.34. The van der Waals surface area contributed by atoms with E-state index >= 15 is 0 Å². The van der Waals surface area contributed by atoms with Crippen molar-refractivity contribution < 1.29 is 0 Å². The lowest BCUT2D eigenvalue weighted by Crippen LogP contribution is -2.33. The lowest BCUT2D eigenvalue weighted by molar-refractivity contribution is 0.557. The van der Waals surface area contributed by atoms with E-state index in [1.165, 1.54) is 0 Å². The average molecular weight is 554 g/mol. The van der Waals surface area contributed by atoms with Crippen LogP contribution in [-0.4, -0.2) is 0 Å². The first-order valence-corrected chi connectivity index (χ1v) is 13.5. The van der Waals surface area contributed by atoms with Crippen LogP contribution in [0.5, 0.6) is 0 Å². The van der Waals surface area contributed by atoms with Crippen molar-refractivity contribution in [3.8, 4) is 0 Å². The van der Waals surface area contributed by atoms with E-state index in [-0.39, 0.29) is 6.17 Å². The molecule has 1 aliphatic rings. The molecule has 1 aliphatic heterocycles. The molecule has 0 amide bonds. The summed E-state index contributed by atoms with van der Waals surface area (Å²) in [6.45, 7) is 0. The SMILES string of the molecule is Clc1ccccc1C1=C(c2ccccc2Cl)[N+](c2ccccc2)C(c2ccccc2Cl)N1c1ccccc1. The molecule has 2 nitrogen and oxygen atoms in total. The Bertz CT molecular complexity index is 1520. The molecule has 0 aromatic heterocycles. The first kappa shape index (κ1) is 24.8. The first-order valence-electron chi connectivity index (χ1n) is 12.3. The lowest BCUT2D eigenvalue weighted by atomic mass is 10.0. The number of nitrogens with zero attached hydrogens (tertiary/aromatic N) is 2. The number of para-hydroxylation sites is 2. The molecule has 5 heteroatoms. The van der Waals surface area contributed by atoms with Crippen LogP contribution in [0.3, 0.4) is 0 Å². The van der Waals surface area contributed by atoms with Gasteiger partial charge >= 0.3 is 0 Å². The second-order valence-corrected chi connectivity index (χ2v) is 10.2. The average Bonchev–Trinajstić information content (AvgIpc) is 3.30. The first-order chi connectivity index (χ1) is 18.6. The van der Waals surface area contributed by atoms with E-state index in [1.807, 2.05) is 91.0 Å². The van der Waals surface area contributed by atoms with Crippen LogP contribution in [-0.2, 0) is 0 Å². The molecular weight excluding hydrogens is 531 g/mol. The topological polar surface area (TPSA) is 9.14 Å². The van der Waals surface area contributed by atoms with Crippen LogP contribution in [0.15, 0.2) is 133 Å². The largest absolute Gasteiger partial charge is 0.277 e. The van der Waals surface area contributed by atoms with Gasteiger partial charge in [0.15, 0.2) is 5.69 Å². The number of hydrogen-bond acceptors (Lipinski definition) is 2. The zero-order valence-electron chi connectivity index (χ0n) is 20.3. The quantitative estimate of drug-likeness (QED) is 0.197. The van der Waals surface area contributed by atoms with Gasteiger partial charge in [-0.25, -0.2) is 0 Å². The van der Waals surface area contributed by atoms with Crippen LogP contribution in [0.1, 0.15) is 22.9 Å². The van der Waals surface area contributed by atoms with Crippen molar-refractivity contribution >= 4 is 57.6 Å².